The first-order valence-electron chi connectivity index (χ1n) is 11.5. The Morgan fingerprint density at radius 2 is 1.83 bits per heavy atom. The molecule has 1 aromatic carbocycles. The third-order valence-electron chi connectivity index (χ3n) is 5.72. The van der Waals surface area contributed by atoms with Crippen LogP contribution in [0.15, 0.2) is 12.1 Å². The summed E-state index contributed by atoms with van der Waals surface area (Å²) in [7, 11) is 1.73. The summed E-state index contributed by atoms with van der Waals surface area (Å²) in [4.78, 5) is 0. The highest BCUT2D eigenvalue weighted by atomic mass is 16.5. The first-order chi connectivity index (χ1) is 13.8. The number of rotatable bonds is 11. The minimum Gasteiger partial charge on any atom is -0.497 e. The van der Waals surface area contributed by atoms with Crippen LogP contribution in [0.25, 0.3) is 0 Å². The van der Waals surface area contributed by atoms with Crippen molar-refractivity contribution in [2.24, 2.45) is 0 Å². The van der Waals surface area contributed by atoms with E-state index >= 15 is 0 Å². The molecule has 4 heteroatoms. The Hall–Kier alpha value is -1.26. The summed E-state index contributed by atoms with van der Waals surface area (Å²) in [6.07, 6.45) is 6.33. The van der Waals surface area contributed by atoms with E-state index in [4.69, 9.17) is 14.2 Å². The van der Waals surface area contributed by atoms with Crippen molar-refractivity contribution in [2.75, 3.05) is 26.9 Å². The molecule has 1 saturated carbocycles. The van der Waals surface area contributed by atoms with Gasteiger partial charge in [0.1, 0.15) is 24.2 Å². The molecule has 1 aromatic rings. The molecule has 0 aromatic heterocycles. The molecule has 0 aliphatic heterocycles. The molecule has 4 nitrogen and oxygen atoms in total. The fourth-order valence-electron chi connectivity index (χ4n) is 3.94. The summed E-state index contributed by atoms with van der Waals surface area (Å²) in [6, 6.07) is 4.88. The molecule has 166 valence electrons. The summed E-state index contributed by atoms with van der Waals surface area (Å²) in [5.74, 6) is 2.25. The maximum atomic E-state index is 6.51. The lowest BCUT2D eigenvalue weighted by molar-refractivity contribution is 0.0190. The maximum absolute atomic E-state index is 6.51. The standard InChI is InChI=1S/C25H43NO3/c1-8-13-28-21(16-26-19-11-9-10-12-19)17-29-24-22(18(2)3)14-20(27-7)15-23(24)25(4,5)6/h14-15,18-19,21,26H,8-13,16-17H2,1-7H3. The average Bonchev–Trinajstić information content (AvgIpc) is 3.19. The molecule has 0 heterocycles. The van der Waals surface area contributed by atoms with Crippen molar-refractivity contribution in [2.45, 2.75) is 97.1 Å². The van der Waals surface area contributed by atoms with Gasteiger partial charge in [-0.25, -0.2) is 0 Å². The zero-order valence-corrected chi connectivity index (χ0v) is 19.8. The monoisotopic (exact) mass is 405 g/mol. The van der Waals surface area contributed by atoms with Crippen molar-refractivity contribution in [1.82, 2.24) is 5.32 Å². The topological polar surface area (TPSA) is 39.7 Å². The normalized spacial score (nSPS) is 16.4. The SMILES string of the molecule is CCCOC(CNC1CCCC1)COc1c(C(C)C)cc(OC)cc1C(C)(C)C. The minimum absolute atomic E-state index is 0.0324. The van der Waals surface area contributed by atoms with Gasteiger partial charge in [0.25, 0.3) is 0 Å². The molecule has 29 heavy (non-hydrogen) atoms. The van der Waals surface area contributed by atoms with Crippen molar-refractivity contribution in [1.29, 1.82) is 0 Å². The van der Waals surface area contributed by atoms with Crippen LogP contribution in [0.4, 0.5) is 0 Å². The maximum Gasteiger partial charge on any atom is 0.126 e. The van der Waals surface area contributed by atoms with Crippen LogP contribution in [-0.4, -0.2) is 39.0 Å². The van der Waals surface area contributed by atoms with E-state index < -0.39 is 0 Å². The van der Waals surface area contributed by atoms with Gasteiger partial charge in [-0.3, -0.25) is 0 Å². The first kappa shape index (κ1) is 24.0. The Morgan fingerprint density at radius 1 is 1.14 bits per heavy atom. The summed E-state index contributed by atoms with van der Waals surface area (Å²) in [5.41, 5.74) is 2.36. The van der Waals surface area contributed by atoms with E-state index in [-0.39, 0.29) is 11.5 Å². The number of nitrogens with one attached hydrogen (secondary N) is 1. The number of methoxy groups -OCH3 is 1. The fourth-order valence-corrected chi connectivity index (χ4v) is 3.94. The third-order valence-corrected chi connectivity index (χ3v) is 5.72. The van der Waals surface area contributed by atoms with Crippen molar-refractivity contribution in [3.63, 3.8) is 0 Å². The second-order valence-corrected chi connectivity index (χ2v) is 9.69. The second kappa shape index (κ2) is 11.2. The van der Waals surface area contributed by atoms with E-state index in [1.165, 1.54) is 36.8 Å². The molecule has 1 atom stereocenters. The quantitative estimate of drug-likeness (QED) is 0.503. The molecule has 1 fully saturated rings. The van der Waals surface area contributed by atoms with E-state index in [0.29, 0.717) is 18.6 Å². The first-order valence-corrected chi connectivity index (χ1v) is 11.5. The third kappa shape index (κ3) is 7.18. The van der Waals surface area contributed by atoms with Crippen LogP contribution in [0, 0.1) is 0 Å². The highest BCUT2D eigenvalue weighted by Crippen LogP contribution is 2.40. The smallest absolute Gasteiger partial charge is 0.126 e. The van der Waals surface area contributed by atoms with E-state index in [9.17, 15) is 0 Å². The number of hydrogen-bond donors (Lipinski definition) is 1. The zero-order valence-electron chi connectivity index (χ0n) is 19.8. The van der Waals surface area contributed by atoms with Gasteiger partial charge in [0, 0.05) is 30.3 Å². The molecular weight excluding hydrogens is 362 g/mol. The highest BCUT2D eigenvalue weighted by Gasteiger charge is 2.25. The Labute approximate surface area is 178 Å². The second-order valence-electron chi connectivity index (χ2n) is 9.69. The molecular formula is C25H43NO3. The van der Waals surface area contributed by atoms with Gasteiger partial charge in [-0.2, -0.15) is 0 Å². The Morgan fingerprint density at radius 3 is 2.38 bits per heavy atom. The van der Waals surface area contributed by atoms with Gasteiger partial charge in [-0.05, 0) is 42.7 Å². The molecule has 2 rings (SSSR count). The predicted octanol–water partition coefficient (Wildman–Crippen LogP) is 5.82. The molecule has 0 spiro atoms. The van der Waals surface area contributed by atoms with Gasteiger partial charge in [0.15, 0.2) is 0 Å². The largest absolute Gasteiger partial charge is 0.497 e. The lowest BCUT2D eigenvalue weighted by Gasteiger charge is -2.28. The zero-order chi connectivity index (χ0) is 21.4. The van der Waals surface area contributed by atoms with Gasteiger partial charge in [-0.1, -0.05) is 54.4 Å². The fraction of sp³-hybridized carbons (Fsp3) is 0.760. The van der Waals surface area contributed by atoms with Gasteiger partial charge in [-0.15, -0.1) is 0 Å². The lowest BCUT2D eigenvalue weighted by Crippen LogP contribution is -2.38. The van der Waals surface area contributed by atoms with E-state index in [2.05, 4.69) is 59.0 Å². The highest BCUT2D eigenvalue weighted by molar-refractivity contribution is 5.51. The Balaban J connectivity index is 2.19. The number of ether oxygens (including phenoxy) is 3. The van der Waals surface area contributed by atoms with Crippen LogP contribution in [0.5, 0.6) is 11.5 Å². The number of benzene rings is 1. The van der Waals surface area contributed by atoms with Crippen molar-refractivity contribution in [3.8, 4) is 11.5 Å². The summed E-state index contributed by atoms with van der Waals surface area (Å²) in [5, 5.41) is 3.70. The van der Waals surface area contributed by atoms with Gasteiger partial charge in [0.2, 0.25) is 0 Å². The van der Waals surface area contributed by atoms with Crippen LogP contribution >= 0.6 is 0 Å². The molecule has 1 aliphatic rings. The van der Waals surface area contributed by atoms with Gasteiger partial charge >= 0.3 is 0 Å². The van der Waals surface area contributed by atoms with Crippen LogP contribution in [0.1, 0.15) is 90.7 Å². The molecule has 0 radical (unpaired) electrons. The summed E-state index contributed by atoms with van der Waals surface area (Å²) >= 11 is 0. The average molecular weight is 406 g/mol. The molecule has 0 amide bonds. The van der Waals surface area contributed by atoms with Crippen molar-refractivity contribution < 1.29 is 14.2 Å². The minimum atomic E-state index is -0.0324. The Bertz CT molecular complexity index is 615. The molecule has 1 unspecified atom stereocenters. The van der Waals surface area contributed by atoms with Crippen molar-refractivity contribution >= 4 is 0 Å². The van der Waals surface area contributed by atoms with E-state index in [1.54, 1.807) is 7.11 Å². The van der Waals surface area contributed by atoms with Crippen LogP contribution in [0.2, 0.25) is 0 Å². The summed E-state index contributed by atoms with van der Waals surface area (Å²) < 4.78 is 18.2. The van der Waals surface area contributed by atoms with Crippen molar-refractivity contribution in [3.05, 3.63) is 23.3 Å². The lowest BCUT2D eigenvalue weighted by atomic mass is 9.83. The summed E-state index contributed by atoms with van der Waals surface area (Å²) in [6.45, 7) is 15.4. The predicted molar refractivity (Wildman–Crippen MR) is 122 cm³/mol. The Kier molecular flexibility index (Phi) is 9.29. The van der Waals surface area contributed by atoms with Crippen LogP contribution < -0.4 is 14.8 Å². The number of hydrogen-bond acceptors (Lipinski definition) is 4. The van der Waals surface area contributed by atoms with E-state index in [0.717, 1.165) is 31.1 Å². The molecule has 0 saturated heterocycles. The molecule has 0 bridgehead atoms. The van der Waals surface area contributed by atoms with Crippen LogP contribution in [0.3, 0.4) is 0 Å². The molecule has 1 N–H and O–H groups in total. The van der Waals surface area contributed by atoms with Crippen LogP contribution in [-0.2, 0) is 10.2 Å². The van der Waals surface area contributed by atoms with Gasteiger partial charge in [0.05, 0.1) is 7.11 Å². The molecule has 1 aliphatic carbocycles. The van der Waals surface area contributed by atoms with Gasteiger partial charge < -0.3 is 19.5 Å². The van der Waals surface area contributed by atoms with E-state index in [1.807, 2.05) is 0 Å².